The fourth-order valence-electron chi connectivity index (χ4n) is 1.68. The first-order chi connectivity index (χ1) is 10.7. The Balaban J connectivity index is 2.23. The molecule has 0 saturated heterocycles. The van der Waals surface area contributed by atoms with E-state index in [1.165, 1.54) is 0 Å². The maximum Gasteiger partial charge on any atom is 0.163 e. The average Bonchev–Trinajstić information content (AvgIpc) is 3.04. The molecule has 0 bridgehead atoms. The first-order valence-corrected chi connectivity index (χ1v) is 6.10. The molecule has 0 amide bonds. The van der Waals surface area contributed by atoms with Gasteiger partial charge in [-0.25, -0.2) is 0 Å². The molecule has 2 aromatic rings. The van der Waals surface area contributed by atoms with Crippen molar-refractivity contribution in [3.8, 4) is 29.5 Å². The van der Waals surface area contributed by atoms with Gasteiger partial charge in [0.2, 0.25) is 0 Å². The molecule has 0 fully saturated rings. The van der Waals surface area contributed by atoms with Crippen LogP contribution < -0.4 is 5.32 Å². The highest BCUT2D eigenvalue weighted by atomic mass is 16.5. The van der Waals surface area contributed by atoms with Gasteiger partial charge in [-0.1, -0.05) is 17.3 Å². The van der Waals surface area contributed by atoms with Crippen LogP contribution >= 0.6 is 0 Å². The summed E-state index contributed by atoms with van der Waals surface area (Å²) >= 11 is 0. The minimum Gasteiger partial charge on any atom is -0.388 e. The van der Waals surface area contributed by atoms with Crippen LogP contribution in [0.1, 0.15) is 5.76 Å². The van der Waals surface area contributed by atoms with E-state index < -0.39 is 0 Å². The number of nitrogens with zero attached hydrogens (tertiary/aromatic N) is 4. The number of aromatic nitrogens is 1. The Kier molecular flexibility index (Phi) is 4.52. The third-order valence-corrected chi connectivity index (χ3v) is 2.75. The van der Waals surface area contributed by atoms with Gasteiger partial charge in [-0.3, -0.25) is 0 Å². The highest BCUT2D eigenvalue weighted by Gasteiger charge is 2.08. The van der Waals surface area contributed by atoms with Gasteiger partial charge in [-0.05, 0) is 12.1 Å². The zero-order valence-corrected chi connectivity index (χ0v) is 11.2. The maximum absolute atomic E-state index is 8.96. The van der Waals surface area contributed by atoms with Crippen LogP contribution in [0.25, 0.3) is 11.3 Å². The fourth-order valence-corrected chi connectivity index (χ4v) is 1.68. The lowest BCUT2D eigenvalue weighted by molar-refractivity contribution is 0.229. The molecule has 7 heteroatoms. The zero-order valence-electron chi connectivity index (χ0n) is 11.2. The molecule has 1 aromatic carbocycles. The van der Waals surface area contributed by atoms with Gasteiger partial charge in [-0.2, -0.15) is 15.8 Å². The van der Waals surface area contributed by atoms with Gasteiger partial charge in [0.15, 0.2) is 11.3 Å². The minimum atomic E-state index is -0.282. The Morgan fingerprint density at radius 1 is 1.14 bits per heavy atom. The summed E-state index contributed by atoms with van der Waals surface area (Å²) in [6.07, 6.45) is 0. The Hall–Kier alpha value is -3.60. The first-order valence-electron chi connectivity index (χ1n) is 6.10. The summed E-state index contributed by atoms with van der Waals surface area (Å²) in [5.41, 5.74) is 1.49. The number of aliphatic hydroxyl groups is 1. The number of hydrogen-bond donors (Lipinski definition) is 2. The van der Waals surface area contributed by atoms with Gasteiger partial charge < -0.3 is 14.9 Å². The Morgan fingerprint density at radius 2 is 1.82 bits per heavy atom. The number of aliphatic hydroxyl groups excluding tert-OH is 1. The number of rotatable bonds is 4. The maximum atomic E-state index is 8.96. The fraction of sp³-hybridized carbons (Fsp3) is 0.0667. The number of benzene rings is 1. The normalized spacial score (nSPS) is 9.18. The summed E-state index contributed by atoms with van der Waals surface area (Å²) in [6.45, 7) is -0.228. The van der Waals surface area contributed by atoms with Crippen LogP contribution in [-0.4, -0.2) is 10.3 Å². The molecule has 2 N–H and O–H groups in total. The van der Waals surface area contributed by atoms with E-state index >= 15 is 0 Å². The SMILES string of the molecule is N#CC(C#N)=C(C#N)Nc1ccc(-c2cc(CO)on2)cc1. The Morgan fingerprint density at radius 3 is 2.32 bits per heavy atom. The van der Waals surface area contributed by atoms with Gasteiger partial charge in [0, 0.05) is 17.3 Å². The summed E-state index contributed by atoms with van der Waals surface area (Å²) in [7, 11) is 0. The molecule has 0 unspecified atom stereocenters. The summed E-state index contributed by atoms with van der Waals surface area (Å²) in [6, 6.07) is 13.5. The van der Waals surface area contributed by atoms with Gasteiger partial charge in [0.05, 0.1) is 0 Å². The van der Waals surface area contributed by atoms with Gasteiger partial charge in [0.1, 0.15) is 36.2 Å². The summed E-state index contributed by atoms with van der Waals surface area (Å²) < 4.78 is 4.90. The second kappa shape index (κ2) is 6.71. The van der Waals surface area contributed by atoms with E-state index in [4.69, 9.17) is 25.4 Å². The average molecular weight is 291 g/mol. The lowest BCUT2D eigenvalue weighted by atomic mass is 10.1. The topological polar surface area (TPSA) is 130 Å². The smallest absolute Gasteiger partial charge is 0.163 e. The number of anilines is 1. The van der Waals surface area contributed by atoms with Crippen molar-refractivity contribution in [3.63, 3.8) is 0 Å². The van der Waals surface area contributed by atoms with Crippen molar-refractivity contribution in [1.82, 2.24) is 5.16 Å². The minimum absolute atomic E-state index is 0.109. The molecule has 1 heterocycles. The lowest BCUT2D eigenvalue weighted by Gasteiger charge is -2.05. The van der Waals surface area contributed by atoms with E-state index in [1.54, 1.807) is 48.5 Å². The first kappa shape index (κ1) is 14.8. The van der Waals surface area contributed by atoms with E-state index in [0.717, 1.165) is 5.56 Å². The van der Waals surface area contributed by atoms with Crippen LogP contribution in [-0.2, 0) is 6.61 Å². The molecule has 0 spiro atoms. The highest BCUT2D eigenvalue weighted by molar-refractivity contribution is 5.65. The molecule has 1 aromatic heterocycles. The highest BCUT2D eigenvalue weighted by Crippen LogP contribution is 2.22. The van der Waals surface area contributed by atoms with Crippen LogP contribution in [0.2, 0.25) is 0 Å². The predicted octanol–water partition coefficient (Wildman–Crippen LogP) is 2.07. The molecule has 106 valence electrons. The van der Waals surface area contributed by atoms with Crippen LogP contribution in [0.5, 0.6) is 0 Å². The van der Waals surface area contributed by atoms with Gasteiger partial charge in [0.25, 0.3) is 0 Å². The molecular formula is C15H9N5O2. The number of nitriles is 3. The molecule has 0 aliphatic carbocycles. The second-order valence-corrected chi connectivity index (χ2v) is 4.12. The zero-order chi connectivity index (χ0) is 15.9. The van der Waals surface area contributed by atoms with Crippen molar-refractivity contribution in [3.05, 3.63) is 47.4 Å². The number of allylic oxidation sites excluding steroid dienone is 2. The lowest BCUT2D eigenvalue weighted by Crippen LogP contribution is -2.00. The Bertz CT molecular complexity index is 813. The van der Waals surface area contributed by atoms with Crippen molar-refractivity contribution in [2.24, 2.45) is 0 Å². The summed E-state index contributed by atoms with van der Waals surface area (Å²) in [4.78, 5) is 0. The van der Waals surface area contributed by atoms with Crippen molar-refractivity contribution in [2.75, 3.05) is 5.32 Å². The molecule has 0 saturated carbocycles. The van der Waals surface area contributed by atoms with E-state index in [0.29, 0.717) is 17.1 Å². The third-order valence-electron chi connectivity index (χ3n) is 2.75. The monoisotopic (exact) mass is 291 g/mol. The van der Waals surface area contributed by atoms with Gasteiger partial charge >= 0.3 is 0 Å². The van der Waals surface area contributed by atoms with Gasteiger partial charge in [-0.15, -0.1) is 0 Å². The van der Waals surface area contributed by atoms with Crippen molar-refractivity contribution >= 4 is 5.69 Å². The number of hydrogen-bond acceptors (Lipinski definition) is 7. The molecule has 0 atom stereocenters. The predicted molar refractivity (Wildman–Crippen MR) is 75.3 cm³/mol. The second-order valence-electron chi connectivity index (χ2n) is 4.12. The molecule has 0 aliphatic heterocycles. The largest absolute Gasteiger partial charge is 0.388 e. The van der Waals surface area contributed by atoms with Crippen LogP contribution in [0.15, 0.2) is 46.1 Å². The van der Waals surface area contributed by atoms with E-state index in [-0.39, 0.29) is 17.9 Å². The van der Waals surface area contributed by atoms with E-state index in [1.807, 2.05) is 0 Å². The quantitative estimate of drug-likeness (QED) is 0.824. The van der Waals surface area contributed by atoms with E-state index in [9.17, 15) is 0 Å². The van der Waals surface area contributed by atoms with Crippen LogP contribution in [0.4, 0.5) is 5.69 Å². The molecule has 7 nitrogen and oxygen atoms in total. The van der Waals surface area contributed by atoms with Crippen molar-refractivity contribution in [1.29, 1.82) is 15.8 Å². The number of nitrogens with one attached hydrogen (secondary N) is 1. The van der Waals surface area contributed by atoms with Crippen molar-refractivity contribution < 1.29 is 9.63 Å². The van der Waals surface area contributed by atoms with Crippen molar-refractivity contribution in [2.45, 2.75) is 6.61 Å². The molecule has 0 radical (unpaired) electrons. The van der Waals surface area contributed by atoms with Crippen LogP contribution in [0.3, 0.4) is 0 Å². The molecular weight excluding hydrogens is 282 g/mol. The molecule has 2 rings (SSSR count). The van der Waals surface area contributed by atoms with E-state index in [2.05, 4.69) is 10.5 Å². The molecule has 22 heavy (non-hydrogen) atoms. The Labute approximate surface area is 125 Å². The standard InChI is InChI=1S/C15H9N5O2/c16-6-11(7-17)15(8-18)19-12-3-1-10(2-4-12)14-5-13(9-21)22-20-14/h1-5,19,21H,9H2. The summed E-state index contributed by atoms with van der Waals surface area (Å²) in [5.74, 6) is 0.361. The van der Waals surface area contributed by atoms with Crippen LogP contribution in [0, 0.1) is 34.0 Å². The molecule has 0 aliphatic rings. The summed E-state index contributed by atoms with van der Waals surface area (Å²) in [5, 5.41) is 42.0. The third kappa shape index (κ3) is 3.10.